The molecule has 1 aliphatic rings. The van der Waals surface area contributed by atoms with Crippen molar-refractivity contribution >= 4 is 21.4 Å². The van der Waals surface area contributed by atoms with E-state index in [2.05, 4.69) is 35.8 Å². The summed E-state index contributed by atoms with van der Waals surface area (Å²) in [6.07, 6.45) is 5.98. The first-order valence-corrected chi connectivity index (χ1v) is 11.2. The highest BCUT2D eigenvalue weighted by molar-refractivity contribution is 7.90. The molecule has 2 N–H and O–H groups in total. The molecular weight excluding hydrogens is 360 g/mol. The minimum absolute atomic E-state index is 0.0792. The van der Waals surface area contributed by atoms with E-state index in [0.29, 0.717) is 5.69 Å². The highest BCUT2D eigenvalue weighted by atomic mass is 32.2. The van der Waals surface area contributed by atoms with E-state index in [1.165, 1.54) is 41.7 Å². The number of carbonyl (C=O) groups excluding carboxylic acids is 1. The van der Waals surface area contributed by atoms with E-state index < -0.39 is 9.84 Å². The van der Waals surface area contributed by atoms with Crippen LogP contribution in [0.2, 0.25) is 0 Å². The first-order valence-electron chi connectivity index (χ1n) is 9.28. The first kappa shape index (κ1) is 19.6. The van der Waals surface area contributed by atoms with Crippen molar-refractivity contribution in [1.29, 1.82) is 0 Å². The van der Waals surface area contributed by atoms with E-state index in [9.17, 15) is 13.2 Å². The van der Waals surface area contributed by atoms with Crippen LogP contribution in [0.15, 0.2) is 47.4 Å². The highest BCUT2D eigenvalue weighted by Crippen LogP contribution is 2.24. The van der Waals surface area contributed by atoms with Gasteiger partial charge in [-0.3, -0.25) is 4.79 Å². The number of benzene rings is 2. The fourth-order valence-electron chi connectivity index (χ4n) is 3.38. The summed E-state index contributed by atoms with van der Waals surface area (Å²) in [5, 5.41) is 6.03. The third kappa shape index (κ3) is 5.17. The number of fused-ring (bicyclic) bond motifs is 1. The molecule has 0 radical (unpaired) electrons. The summed E-state index contributed by atoms with van der Waals surface area (Å²) in [7, 11) is -3.23. The Labute approximate surface area is 161 Å². The van der Waals surface area contributed by atoms with Gasteiger partial charge < -0.3 is 10.6 Å². The summed E-state index contributed by atoms with van der Waals surface area (Å²) in [6.45, 7) is 2.24. The number of amides is 1. The molecule has 0 aliphatic heterocycles. The molecule has 6 heteroatoms. The molecule has 3 rings (SSSR count). The summed E-state index contributed by atoms with van der Waals surface area (Å²) in [6, 6.07) is 12.9. The summed E-state index contributed by atoms with van der Waals surface area (Å²) in [4.78, 5) is 12.4. The Balaban J connectivity index is 1.54. The van der Waals surface area contributed by atoms with Crippen molar-refractivity contribution in [3.63, 3.8) is 0 Å². The SMILES string of the molecule is C[C@@H](NCC(=O)Nc1ccc(S(C)(=O)=O)cc1)c1ccc2c(c1)CCCC2. The van der Waals surface area contributed by atoms with Crippen molar-refractivity contribution in [2.24, 2.45) is 0 Å². The number of carbonyl (C=O) groups is 1. The lowest BCUT2D eigenvalue weighted by molar-refractivity contribution is -0.115. The normalized spacial score (nSPS) is 15.0. The molecule has 0 bridgehead atoms. The van der Waals surface area contributed by atoms with Gasteiger partial charge in [-0.2, -0.15) is 0 Å². The van der Waals surface area contributed by atoms with Gasteiger partial charge in [0, 0.05) is 18.0 Å². The van der Waals surface area contributed by atoms with Crippen LogP contribution in [0.25, 0.3) is 0 Å². The zero-order valence-corrected chi connectivity index (χ0v) is 16.6. The second-order valence-corrected chi connectivity index (χ2v) is 9.20. The lowest BCUT2D eigenvalue weighted by Gasteiger charge is -2.20. The van der Waals surface area contributed by atoms with E-state index in [1.807, 2.05) is 0 Å². The van der Waals surface area contributed by atoms with Crippen LogP contribution in [-0.2, 0) is 27.5 Å². The van der Waals surface area contributed by atoms with Gasteiger partial charge >= 0.3 is 0 Å². The highest BCUT2D eigenvalue weighted by Gasteiger charge is 2.13. The fourth-order valence-corrected chi connectivity index (χ4v) is 4.01. The van der Waals surface area contributed by atoms with Gasteiger partial charge in [-0.05, 0) is 73.6 Å². The van der Waals surface area contributed by atoms with Gasteiger partial charge in [-0.25, -0.2) is 8.42 Å². The number of rotatable bonds is 6. The Kier molecular flexibility index (Phi) is 5.97. The Morgan fingerprint density at radius 3 is 2.37 bits per heavy atom. The molecule has 2 aromatic rings. The third-order valence-electron chi connectivity index (χ3n) is 5.01. The van der Waals surface area contributed by atoms with E-state index in [0.717, 1.165) is 19.1 Å². The monoisotopic (exact) mass is 386 g/mol. The Morgan fingerprint density at radius 2 is 1.70 bits per heavy atom. The standard InChI is InChI=1S/C21H26N2O3S/c1-15(17-8-7-16-5-3-4-6-18(16)13-17)22-14-21(24)23-19-9-11-20(12-10-19)27(2,25)26/h7-13,15,22H,3-6,14H2,1-2H3,(H,23,24)/t15-/m1/s1. The maximum Gasteiger partial charge on any atom is 0.238 e. The van der Waals surface area contributed by atoms with Crippen molar-refractivity contribution in [3.8, 4) is 0 Å². The third-order valence-corrected chi connectivity index (χ3v) is 6.14. The number of aryl methyl sites for hydroxylation is 2. The zero-order valence-electron chi connectivity index (χ0n) is 15.8. The molecule has 0 unspecified atom stereocenters. The molecule has 5 nitrogen and oxygen atoms in total. The minimum Gasteiger partial charge on any atom is -0.325 e. The summed E-state index contributed by atoms with van der Waals surface area (Å²) < 4.78 is 22.9. The molecule has 0 aromatic heterocycles. The van der Waals surface area contributed by atoms with Crippen LogP contribution in [0, 0.1) is 0 Å². The molecule has 1 aliphatic carbocycles. The second kappa shape index (κ2) is 8.23. The predicted molar refractivity (Wildman–Crippen MR) is 108 cm³/mol. The van der Waals surface area contributed by atoms with Gasteiger partial charge in [0.2, 0.25) is 5.91 Å². The molecule has 1 atom stereocenters. The van der Waals surface area contributed by atoms with Crippen LogP contribution >= 0.6 is 0 Å². The van der Waals surface area contributed by atoms with Crippen molar-refractivity contribution in [1.82, 2.24) is 5.32 Å². The first-order chi connectivity index (χ1) is 12.8. The van der Waals surface area contributed by atoms with Crippen LogP contribution in [-0.4, -0.2) is 27.1 Å². The summed E-state index contributed by atoms with van der Waals surface area (Å²) in [5.41, 5.74) is 4.66. The number of sulfone groups is 1. The van der Waals surface area contributed by atoms with E-state index in [1.54, 1.807) is 12.1 Å². The maximum absolute atomic E-state index is 12.2. The van der Waals surface area contributed by atoms with Crippen molar-refractivity contribution in [2.75, 3.05) is 18.1 Å². The van der Waals surface area contributed by atoms with Gasteiger partial charge in [-0.1, -0.05) is 18.2 Å². The van der Waals surface area contributed by atoms with E-state index in [-0.39, 0.29) is 23.4 Å². The lowest BCUT2D eigenvalue weighted by atomic mass is 9.89. The van der Waals surface area contributed by atoms with Gasteiger partial charge in [0.25, 0.3) is 0 Å². The molecule has 0 saturated carbocycles. The predicted octanol–water partition coefficient (Wildman–Crippen LogP) is 3.26. The largest absolute Gasteiger partial charge is 0.325 e. The molecule has 0 fully saturated rings. The second-order valence-electron chi connectivity index (χ2n) is 7.18. The van der Waals surface area contributed by atoms with E-state index >= 15 is 0 Å². The van der Waals surface area contributed by atoms with Crippen molar-refractivity contribution in [2.45, 2.75) is 43.5 Å². The molecule has 0 heterocycles. The quantitative estimate of drug-likeness (QED) is 0.799. The Morgan fingerprint density at radius 1 is 1.04 bits per heavy atom. The number of anilines is 1. The number of hydrogen-bond donors (Lipinski definition) is 2. The number of hydrogen-bond acceptors (Lipinski definition) is 4. The van der Waals surface area contributed by atoms with Gasteiger partial charge in [-0.15, -0.1) is 0 Å². The van der Waals surface area contributed by atoms with E-state index in [4.69, 9.17) is 0 Å². The van der Waals surface area contributed by atoms with Gasteiger partial charge in [0.1, 0.15) is 0 Å². The van der Waals surface area contributed by atoms with Crippen LogP contribution in [0.3, 0.4) is 0 Å². The summed E-state index contributed by atoms with van der Waals surface area (Å²) >= 11 is 0. The van der Waals surface area contributed by atoms with Gasteiger partial charge in [0.15, 0.2) is 9.84 Å². The van der Waals surface area contributed by atoms with Crippen LogP contribution in [0.1, 0.15) is 42.5 Å². The molecule has 27 heavy (non-hydrogen) atoms. The molecule has 0 spiro atoms. The Hall–Kier alpha value is -2.18. The molecule has 2 aromatic carbocycles. The average Bonchev–Trinajstić information content (AvgIpc) is 2.65. The smallest absolute Gasteiger partial charge is 0.238 e. The van der Waals surface area contributed by atoms with Crippen molar-refractivity contribution < 1.29 is 13.2 Å². The topological polar surface area (TPSA) is 75.3 Å². The molecule has 144 valence electrons. The van der Waals surface area contributed by atoms with Crippen LogP contribution < -0.4 is 10.6 Å². The molecule has 1 amide bonds. The van der Waals surface area contributed by atoms with Crippen LogP contribution in [0.4, 0.5) is 5.69 Å². The van der Waals surface area contributed by atoms with Gasteiger partial charge in [0.05, 0.1) is 11.4 Å². The molecule has 0 saturated heterocycles. The minimum atomic E-state index is -3.23. The number of nitrogens with one attached hydrogen (secondary N) is 2. The lowest BCUT2D eigenvalue weighted by Crippen LogP contribution is -2.30. The molecular formula is C21H26N2O3S. The van der Waals surface area contributed by atoms with Crippen LogP contribution in [0.5, 0.6) is 0 Å². The van der Waals surface area contributed by atoms with Crippen molar-refractivity contribution in [3.05, 3.63) is 59.2 Å². The zero-order chi connectivity index (χ0) is 19.4. The fraction of sp³-hybridized carbons (Fsp3) is 0.381. The summed E-state index contributed by atoms with van der Waals surface area (Å²) in [5.74, 6) is -0.160. The maximum atomic E-state index is 12.2. The average molecular weight is 387 g/mol. The Bertz CT molecular complexity index is 921.